The van der Waals surface area contributed by atoms with Crippen LogP contribution in [0, 0.1) is 6.92 Å². The number of ether oxygens (including phenoxy) is 2. The third kappa shape index (κ3) is 3.15. The maximum absolute atomic E-state index is 12.3. The van der Waals surface area contributed by atoms with Crippen molar-refractivity contribution in [1.82, 2.24) is 19.6 Å². The van der Waals surface area contributed by atoms with Gasteiger partial charge in [-0.05, 0) is 43.7 Å². The van der Waals surface area contributed by atoms with Gasteiger partial charge in [0.1, 0.15) is 21.8 Å². The van der Waals surface area contributed by atoms with Gasteiger partial charge in [0, 0.05) is 5.56 Å². The van der Waals surface area contributed by atoms with Crippen molar-refractivity contribution in [2.75, 3.05) is 6.61 Å². The number of fused-ring (bicyclic) bond motifs is 3. The molecule has 0 atom stereocenters. The zero-order valence-electron chi connectivity index (χ0n) is 14.8. The van der Waals surface area contributed by atoms with E-state index in [0.29, 0.717) is 26.7 Å². The molecule has 0 aliphatic carbocycles. The van der Waals surface area contributed by atoms with Gasteiger partial charge in [-0.3, -0.25) is 0 Å². The molecule has 3 heterocycles. The number of hydrogen-bond donors (Lipinski definition) is 0. The van der Waals surface area contributed by atoms with E-state index in [4.69, 9.17) is 4.74 Å². The summed E-state index contributed by atoms with van der Waals surface area (Å²) in [6, 6.07) is 6.05. The van der Waals surface area contributed by atoms with Crippen LogP contribution in [0.15, 0.2) is 30.6 Å². The number of aryl methyl sites for hydroxylation is 1. The number of halogens is 2. The summed E-state index contributed by atoms with van der Waals surface area (Å²) < 4.78 is 35.5. The Morgan fingerprint density at radius 1 is 1.29 bits per heavy atom. The molecule has 1 aromatic carbocycles. The molecule has 0 saturated carbocycles. The Balaban J connectivity index is 1.78. The Morgan fingerprint density at radius 2 is 2.04 bits per heavy atom. The van der Waals surface area contributed by atoms with Crippen molar-refractivity contribution >= 4 is 33.2 Å². The van der Waals surface area contributed by atoms with E-state index in [-0.39, 0.29) is 12.4 Å². The molecule has 4 rings (SSSR count). The number of thiophene rings is 1. The van der Waals surface area contributed by atoms with Crippen molar-refractivity contribution in [3.8, 4) is 17.1 Å². The van der Waals surface area contributed by atoms with Crippen LogP contribution in [-0.2, 0) is 4.74 Å². The molecule has 0 aliphatic heterocycles. The SMILES string of the molecule is CCOC(=O)c1sc2ncn3nc(-c4ccc(OC(F)F)cc4)nc3c2c1C. The van der Waals surface area contributed by atoms with Gasteiger partial charge in [-0.15, -0.1) is 16.4 Å². The van der Waals surface area contributed by atoms with Crippen molar-refractivity contribution in [2.24, 2.45) is 0 Å². The van der Waals surface area contributed by atoms with Crippen LogP contribution < -0.4 is 4.74 Å². The molecule has 0 amide bonds. The van der Waals surface area contributed by atoms with Gasteiger partial charge in [0.25, 0.3) is 0 Å². The molecule has 0 bridgehead atoms. The number of alkyl halides is 2. The topological polar surface area (TPSA) is 78.6 Å². The van der Waals surface area contributed by atoms with Gasteiger partial charge in [0.2, 0.25) is 0 Å². The number of esters is 1. The van der Waals surface area contributed by atoms with Crippen LogP contribution in [0.2, 0.25) is 0 Å². The highest BCUT2D eigenvalue weighted by Gasteiger charge is 2.21. The Labute approximate surface area is 161 Å². The summed E-state index contributed by atoms with van der Waals surface area (Å²) in [5.41, 5.74) is 1.92. The first-order valence-corrected chi connectivity index (χ1v) is 9.16. The molecule has 28 heavy (non-hydrogen) atoms. The van der Waals surface area contributed by atoms with E-state index < -0.39 is 12.6 Å². The Morgan fingerprint density at radius 3 is 2.71 bits per heavy atom. The van der Waals surface area contributed by atoms with Crippen LogP contribution >= 0.6 is 11.3 Å². The molecule has 144 valence electrons. The van der Waals surface area contributed by atoms with Crippen molar-refractivity contribution in [2.45, 2.75) is 20.5 Å². The van der Waals surface area contributed by atoms with Crippen LogP contribution in [0.3, 0.4) is 0 Å². The molecule has 4 aromatic rings. The second kappa shape index (κ2) is 7.12. The highest BCUT2D eigenvalue weighted by Crippen LogP contribution is 2.33. The lowest BCUT2D eigenvalue weighted by molar-refractivity contribution is -0.0498. The predicted molar refractivity (Wildman–Crippen MR) is 98.9 cm³/mol. The summed E-state index contributed by atoms with van der Waals surface area (Å²) in [5, 5.41) is 5.13. The first-order chi connectivity index (χ1) is 13.5. The molecule has 0 unspecified atom stereocenters. The van der Waals surface area contributed by atoms with E-state index in [9.17, 15) is 13.6 Å². The van der Waals surface area contributed by atoms with E-state index in [1.165, 1.54) is 34.3 Å². The predicted octanol–water partition coefficient (Wildman–Crippen LogP) is 4.09. The molecule has 0 saturated heterocycles. The quantitative estimate of drug-likeness (QED) is 0.466. The third-order valence-electron chi connectivity index (χ3n) is 4.07. The first-order valence-electron chi connectivity index (χ1n) is 8.34. The van der Waals surface area contributed by atoms with Gasteiger partial charge in [-0.2, -0.15) is 8.78 Å². The molecule has 0 aliphatic rings. The summed E-state index contributed by atoms with van der Waals surface area (Å²) in [4.78, 5) is 22.2. The van der Waals surface area contributed by atoms with Gasteiger partial charge in [0.15, 0.2) is 11.5 Å². The van der Waals surface area contributed by atoms with Crippen molar-refractivity contribution in [3.05, 3.63) is 41.0 Å². The zero-order valence-corrected chi connectivity index (χ0v) is 15.7. The second-order valence-corrected chi connectivity index (χ2v) is 6.81. The van der Waals surface area contributed by atoms with E-state index in [1.807, 2.05) is 6.92 Å². The van der Waals surface area contributed by atoms with Crippen molar-refractivity contribution in [3.63, 3.8) is 0 Å². The van der Waals surface area contributed by atoms with E-state index in [0.717, 1.165) is 10.9 Å². The van der Waals surface area contributed by atoms with Gasteiger partial charge in [0.05, 0.1) is 12.0 Å². The summed E-state index contributed by atoms with van der Waals surface area (Å²) in [5.74, 6) is 0.0658. The van der Waals surface area contributed by atoms with Gasteiger partial charge in [-0.1, -0.05) is 0 Å². The Kier molecular flexibility index (Phi) is 4.63. The fourth-order valence-corrected chi connectivity index (χ4v) is 3.87. The number of aromatic nitrogens is 4. The molecule has 0 fully saturated rings. The maximum atomic E-state index is 12.3. The molecule has 0 radical (unpaired) electrons. The van der Waals surface area contributed by atoms with E-state index in [1.54, 1.807) is 19.1 Å². The summed E-state index contributed by atoms with van der Waals surface area (Å²) in [6.07, 6.45) is 1.52. The van der Waals surface area contributed by atoms with Crippen LogP contribution in [0.5, 0.6) is 5.75 Å². The summed E-state index contributed by atoms with van der Waals surface area (Å²) in [6.45, 7) is 0.973. The van der Waals surface area contributed by atoms with Crippen LogP contribution in [0.4, 0.5) is 8.78 Å². The smallest absolute Gasteiger partial charge is 0.387 e. The minimum Gasteiger partial charge on any atom is -0.462 e. The van der Waals surface area contributed by atoms with Gasteiger partial charge in [-0.25, -0.2) is 19.3 Å². The summed E-state index contributed by atoms with van der Waals surface area (Å²) in [7, 11) is 0. The van der Waals surface area contributed by atoms with Gasteiger partial charge < -0.3 is 9.47 Å². The molecule has 7 nitrogen and oxygen atoms in total. The minimum atomic E-state index is -2.88. The zero-order chi connectivity index (χ0) is 19.8. The number of nitrogens with zero attached hydrogens (tertiary/aromatic N) is 4. The monoisotopic (exact) mass is 404 g/mol. The summed E-state index contributed by atoms with van der Waals surface area (Å²) >= 11 is 1.25. The average Bonchev–Trinajstić information content (AvgIpc) is 3.23. The normalized spacial score (nSPS) is 11.5. The number of carbonyl (C=O) groups is 1. The van der Waals surface area contributed by atoms with Crippen LogP contribution in [0.1, 0.15) is 22.2 Å². The molecule has 3 aromatic heterocycles. The minimum absolute atomic E-state index is 0.0549. The first kappa shape index (κ1) is 18.2. The highest BCUT2D eigenvalue weighted by molar-refractivity contribution is 7.20. The number of rotatable bonds is 5. The molecule has 0 N–H and O–H groups in total. The Hall–Kier alpha value is -3.14. The van der Waals surface area contributed by atoms with E-state index >= 15 is 0 Å². The second-order valence-electron chi connectivity index (χ2n) is 5.81. The van der Waals surface area contributed by atoms with E-state index in [2.05, 4.69) is 19.8 Å². The number of carbonyl (C=O) groups excluding carboxylic acids is 1. The fraction of sp³-hybridized carbons (Fsp3) is 0.222. The molecular weight excluding hydrogens is 390 g/mol. The standard InChI is InChI=1S/C18H14F2N4O3S/c1-3-26-17(25)13-9(2)12-15-22-14(23-24(15)8-21-16(12)28-13)10-4-6-11(7-5-10)27-18(19)20/h4-8,18H,3H2,1-2H3. The number of hydrogen-bond acceptors (Lipinski definition) is 7. The highest BCUT2D eigenvalue weighted by atomic mass is 32.1. The lowest BCUT2D eigenvalue weighted by Gasteiger charge is -2.03. The Bertz CT molecular complexity index is 1170. The van der Waals surface area contributed by atoms with Gasteiger partial charge >= 0.3 is 12.6 Å². The van der Waals surface area contributed by atoms with Crippen molar-refractivity contribution in [1.29, 1.82) is 0 Å². The number of benzene rings is 1. The molecular formula is C18H14F2N4O3S. The lowest BCUT2D eigenvalue weighted by Crippen LogP contribution is -2.03. The third-order valence-corrected chi connectivity index (χ3v) is 5.25. The molecule has 10 heteroatoms. The van der Waals surface area contributed by atoms with Crippen molar-refractivity contribution < 1.29 is 23.0 Å². The average molecular weight is 404 g/mol. The lowest BCUT2D eigenvalue weighted by atomic mass is 10.2. The van der Waals surface area contributed by atoms with Crippen LogP contribution in [-0.4, -0.2) is 38.8 Å². The fourth-order valence-electron chi connectivity index (χ4n) is 2.83. The van der Waals surface area contributed by atoms with Crippen LogP contribution in [0.25, 0.3) is 27.3 Å². The largest absolute Gasteiger partial charge is 0.462 e. The maximum Gasteiger partial charge on any atom is 0.387 e. The molecule has 0 spiro atoms.